The Bertz CT molecular complexity index is 1170. The maximum absolute atomic E-state index is 13.3. The minimum Gasteiger partial charge on any atom is -0.378 e. The largest absolute Gasteiger partial charge is 0.378 e. The van der Waals surface area contributed by atoms with Gasteiger partial charge in [0.1, 0.15) is 6.04 Å². The zero-order valence-electron chi connectivity index (χ0n) is 17.9. The van der Waals surface area contributed by atoms with E-state index in [9.17, 15) is 19.2 Å². The van der Waals surface area contributed by atoms with E-state index in [0.29, 0.717) is 23.6 Å². The lowest BCUT2D eigenvalue weighted by atomic mass is 9.97. The molecule has 0 aliphatic carbocycles. The molecule has 2 aromatic rings. The van der Waals surface area contributed by atoms with Gasteiger partial charge in [-0.3, -0.25) is 34.1 Å². The molecule has 0 spiro atoms. The first kappa shape index (κ1) is 20.4. The molecule has 10 nitrogen and oxygen atoms in total. The summed E-state index contributed by atoms with van der Waals surface area (Å²) in [6.07, 6.45) is 0.231. The van der Waals surface area contributed by atoms with Gasteiger partial charge >= 0.3 is 0 Å². The number of hydrogen-bond donors (Lipinski definition) is 3. The number of carbonyl (C=O) groups is 4. The van der Waals surface area contributed by atoms with Crippen molar-refractivity contribution in [3.8, 4) is 0 Å². The zero-order chi connectivity index (χ0) is 22.6. The van der Waals surface area contributed by atoms with E-state index in [1.165, 1.54) is 0 Å². The molecule has 1 aromatic carbocycles. The second-order valence-corrected chi connectivity index (χ2v) is 8.46. The van der Waals surface area contributed by atoms with Gasteiger partial charge in [0.15, 0.2) is 0 Å². The van der Waals surface area contributed by atoms with Crippen LogP contribution in [0.1, 0.15) is 56.4 Å². The number of anilines is 1. The van der Waals surface area contributed by atoms with E-state index < -0.39 is 29.7 Å². The van der Waals surface area contributed by atoms with Gasteiger partial charge in [-0.15, -0.1) is 0 Å². The Labute approximate surface area is 184 Å². The fourth-order valence-corrected chi connectivity index (χ4v) is 4.76. The molecule has 3 N–H and O–H groups in total. The molecule has 5 rings (SSSR count). The highest BCUT2D eigenvalue weighted by Gasteiger charge is 2.45. The van der Waals surface area contributed by atoms with Crippen LogP contribution in [0.25, 0.3) is 0 Å². The van der Waals surface area contributed by atoms with E-state index >= 15 is 0 Å². The molecule has 3 aliphatic heterocycles. The maximum Gasteiger partial charge on any atom is 0.262 e. The van der Waals surface area contributed by atoms with Crippen molar-refractivity contribution in [3.05, 3.63) is 46.3 Å². The summed E-state index contributed by atoms with van der Waals surface area (Å²) in [5.74, 6) is -1.63. The third-order valence-corrected chi connectivity index (χ3v) is 6.44. The van der Waals surface area contributed by atoms with Crippen molar-refractivity contribution in [1.82, 2.24) is 25.3 Å². The zero-order valence-corrected chi connectivity index (χ0v) is 17.9. The van der Waals surface area contributed by atoms with Crippen LogP contribution in [0.5, 0.6) is 0 Å². The van der Waals surface area contributed by atoms with Crippen LogP contribution in [0.4, 0.5) is 5.69 Å². The highest BCUT2D eigenvalue weighted by molar-refractivity contribution is 6.24. The summed E-state index contributed by atoms with van der Waals surface area (Å²) in [6.45, 7) is 4.06. The maximum atomic E-state index is 13.3. The molecule has 32 heavy (non-hydrogen) atoms. The van der Waals surface area contributed by atoms with Crippen molar-refractivity contribution in [1.29, 1.82) is 0 Å². The average Bonchev–Trinajstić information content (AvgIpc) is 3.13. The van der Waals surface area contributed by atoms with Crippen molar-refractivity contribution in [2.45, 2.75) is 38.3 Å². The number of nitrogens with one attached hydrogen (secondary N) is 3. The molecule has 1 unspecified atom stereocenters. The Morgan fingerprint density at radius 2 is 1.94 bits per heavy atom. The summed E-state index contributed by atoms with van der Waals surface area (Å²) in [5, 5.41) is 13.5. The first-order valence-corrected chi connectivity index (χ1v) is 10.7. The molecule has 4 heterocycles. The van der Waals surface area contributed by atoms with Gasteiger partial charge in [0, 0.05) is 39.0 Å². The highest BCUT2D eigenvalue weighted by atomic mass is 16.2. The number of fused-ring (bicyclic) bond motifs is 1. The lowest BCUT2D eigenvalue weighted by Gasteiger charge is -2.28. The molecule has 3 aliphatic rings. The third kappa shape index (κ3) is 3.10. The number of aryl methyl sites for hydroxylation is 2. The topological polar surface area (TPSA) is 125 Å². The van der Waals surface area contributed by atoms with Gasteiger partial charge in [0.2, 0.25) is 11.8 Å². The summed E-state index contributed by atoms with van der Waals surface area (Å²) in [6, 6.07) is 4.17. The molecule has 4 amide bonds. The summed E-state index contributed by atoms with van der Waals surface area (Å²) >= 11 is 0. The Morgan fingerprint density at radius 1 is 1.16 bits per heavy atom. The van der Waals surface area contributed by atoms with Crippen molar-refractivity contribution >= 4 is 29.3 Å². The smallest absolute Gasteiger partial charge is 0.262 e. The fourth-order valence-electron chi connectivity index (χ4n) is 4.76. The molecule has 10 heteroatoms. The highest BCUT2D eigenvalue weighted by Crippen LogP contribution is 2.33. The summed E-state index contributed by atoms with van der Waals surface area (Å²) in [7, 11) is 1.92. The number of carbonyl (C=O) groups excluding carboxylic acids is 4. The van der Waals surface area contributed by atoms with Crippen LogP contribution in [-0.4, -0.2) is 57.4 Å². The van der Waals surface area contributed by atoms with E-state index in [1.54, 1.807) is 18.2 Å². The van der Waals surface area contributed by atoms with Crippen molar-refractivity contribution in [3.63, 3.8) is 0 Å². The van der Waals surface area contributed by atoms with E-state index in [0.717, 1.165) is 35.1 Å². The Morgan fingerprint density at radius 3 is 2.62 bits per heavy atom. The predicted molar refractivity (Wildman–Crippen MR) is 114 cm³/mol. The van der Waals surface area contributed by atoms with Crippen LogP contribution < -0.4 is 16.0 Å². The number of hydrogen-bond acceptors (Lipinski definition) is 7. The number of benzene rings is 1. The standard InChI is InChI=1S/C22H24N6O4/c1-11-18(19(27(2)26-11)13-8-23-9-13)24-10-12-4-3-5-14-17(12)22(32)28(21(14)31)15-6-7-16(29)25-20(15)30/h3-5,13,15,23-24H,6-10H2,1-2H3,(H,25,29,30). The SMILES string of the molecule is Cc1nn(C)c(C2CNC2)c1NCc1cccc2c1C(=O)N(C1CCC(=O)NC1=O)C2=O. The molecule has 1 atom stereocenters. The summed E-state index contributed by atoms with van der Waals surface area (Å²) in [4.78, 5) is 51.0. The van der Waals surface area contributed by atoms with Crippen LogP contribution in [0.15, 0.2) is 18.2 Å². The van der Waals surface area contributed by atoms with E-state index in [-0.39, 0.29) is 18.4 Å². The predicted octanol–water partition coefficient (Wildman–Crippen LogP) is 0.429. The minimum absolute atomic E-state index is 0.0946. The van der Waals surface area contributed by atoms with Crippen LogP contribution in [0.3, 0.4) is 0 Å². The molecule has 1 aromatic heterocycles. The Hall–Kier alpha value is -3.53. The second kappa shape index (κ2) is 7.56. The lowest BCUT2D eigenvalue weighted by Crippen LogP contribution is -2.54. The quantitative estimate of drug-likeness (QED) is 0.581. The van der Waals surface area contributed by atoms with Gasteiger partial charge in [0.25, 0.3) is 11.8 Å². The van der Waals surface area contributed by atoms with Gasteiger partial charge < -0.3 is 10.6 Å². The molecule has 2 saturated heterocycles. The van der Waals surface area contributed by atoms with Gasteiger partial charge in [-0.25, -0.2) is 0 Å². The van der Waals surface area contributed by atoms with Gasteiger partial charge in [-0.2, -0.15) is 5.10 Å². The summed E-state index contributed by atoms with van der Waals surface area (Å²) in [5.41, 5.74) is 4.19. The van der Waals surface area contributed by atoms with Crippen LogP contribution in [-0.2, 0) is 23.2 Å². The van der Waals surface area contributed by atoms with Crippen molar-refractivity contribution in [2.75, 3.05) is 18.4 Å². The van der Waals surface area contributed by atoms with Crippen molar-refractivity contribution < 1.29 is 19.2 Å². The third-order valence-electron chi connectivity index (χ3n) is 6.44. The van der Waals surface area contributed by atoms with Crippen LogP contribution in [0, 0.1) is 6.92 Å². The molecule has 2 fully saturated rings. The molecule has 0 bridgehead atoms. The van der Waals surface area contributed by atoms with Gasteiger partial charge in [0.05, 0.1) is 28.2 Å². The minimum atomic E-state index is -0.973. The molecule has 0 saturated carbocycles. The van der Waals surface area contributed by atoms with E-state index in [1.807, 2.05) is 18.7 Å². The summed E-state index contributed by atoms with van der Waals surface area (Å²) < 4.78 is 1.89. The fraction of sp³-hybridized carbons (Fsp3) is 0.409. The molecular formula is C22H24N6O4. The molecule has 166 valence electrons. The second-order valence-electron chi connectivity index (χ2n) is 8.46. The van der Waals surface area contributed by atoms with Crippen LogP contribution in [0.2, 0.25) is 0 Å². The van der Waals surface area contributed by atoms with Crippen molar-refractivity contribution in [2.24, 2.45) is 7.05 Å². The van der Waals surface area contributed by atoms with E-state index in [4.69, 9.17) is 0 Å². The number of imide groups is 2. The number of nitrogens with zero attached hydrogens (tertiary/aromatic N) is 3. The number of aromatic nitrogens is 2. The number of piperidine rings is 1. The van der Waals surface area contributed by atoms with Gasteiger partial charge in [-0.05, 0) is 25.0 Å². The monoisotopic (exact) mass is 436 g/mol. The molecular weight excluding hydrogens is 412 g/mol. The van der Waals surface area contributed by atoms with E-state index in [2.05, 4.69) is 21.0 Å². The number of amides is 4. The van der Waals surface area contributed by atoms with Crippen LogP contribution >= 0.6 is 0 Å². The molecule has 0 radical (unpaired) electrons. The first-order chi connectivity index (χ1) is 15.4. The first-order valence-electron chi connectivity index (χ1n) is 10.7. The lowest BCUT2D eigenvalue weighted by molar-refractivity contribution is -0.136. The average molecular weight is 436 g/mol. The van der Waals surface area contributed by atoms with Gasteiger partial charge in [-0.1, -0.05) is 12.1 Å². The Balaban J connectivity index is 1.42. The number of rotatable bonds is 5. The Kier molecular flexibility index (Phi) is 4.81. The normalized spacial score (nSPS) is 20.9.